The number of para-hydroxylation sites is 1. The lowest BCUT2D eigenvalue weighted by molar-refractivity contribution is -0.385. The molecule has 0 fully saturated rings. The number of carbonyl (C=O) groups is 1. The van der Waals surface area contributed by atoms with Crippen LogP contribution in [0, 0.1) is 10.1 Å². The van der Waals surface area contributed by atoms with E-state index in [1.807, 2.05) is 13.8 Å². The van der Waals surface area contributed by atoms with Crippen molar-refractivity contribution in [3.63, 3.8) is 0 Å². The fourth-order valence-electron chi connectivity index (χ4n) is 1.79. The zero-order valence-electron chi connectivity index (χ0n) is 11.0. The van der Waals surface area contributed by atoms with Gasteiger partial charge in [-0.05, 0) is 26.3 Å². The fraction of sp³-hybridized carbons (Fsp3) is 0.462. The summed E-state index contributed by atoms with van der Waals surface area (Å²) in [6.45, 7) is 4.38. The Balaban J connectivity index is 3.06. The van der Waals surface area contributed by atoms with Crippen molar-refractivity contribution in [1.82, 2.24) is 4.90 Å². The monoisotopic (exact) mass is 328 g/mol. The number of halogens is 1. The molecule has 0 radical (unpaired) electrons. The maximum Gasteiger partial charge on any atom is 0.282 e. The van der Waals surface area contributed by atoms with E-state index in [0.29, 0.717) is 6.54 Å². The second-order valence-electron chi connectivity index (χ2n) is 4.41. The van der Waals surface area contributed by atoms with Gasteiger partial charge in [-0.1, -0.05) is 28.1 Å². The number of carbonyl (C=O) groups excluding carboxylic acids is 1. The Bertz CT molecular complexity index is 463. The predicted molar refractivity (Wildman–Crippen MR) is 77.7 cm³/mol. The zero-order chi connectivity index (χ0) is 14.4. The Labute approximate surface area is 120 Å². The van der Waals surface area contributed by atoms with Crippen LogP contribution in [-0.2, 0) is 0 Å². The lowest BCUT2D eigenvalue weighted by Crippen LogP contribution is -2.38. The summed E-state index contributed by atoms with van der Waals surface area (Å²) in [6.07, 6.45) is 0.810. The van der Waals surface area contributed by atoms with Gasteiger partial charge in [0.25, 0.3) is 11.6 Å². The normalized spacial score (nSPS) is 10.5. The maximum absolute atomic E-state index is 12.4. The summed E-state index contributed by atoms with van der Waals surface area (Å²) in [5, 5.41) is 11.8. The van der Waals surface area contributed by atoms with E-state index in [4.69, 9.17) is 0 Å². The van der Waals surface area contributed by atoms with Gasteiger partial charge in [0, 0.05) is 24.0 Å². The van der Waals surface area contributed by atoms with E-state index in [2.05, 4.69) is 15.9 Å². The summed E-state index contributed by atoms with van der Waals surface area (Å²) in [6, 6.07) is 6.07. The molecule has 0 heterocycles. The lowest BCUT2D eigenvalue weighted by Gasteiger charge is -2.26. The minimum absolute atomic E-state index is 0.00589. The lowest BCUT2D eigenvalue weighted by atomic mass is 10.1. The Morgan fingerprint density at radius 2 is 2.05 bits per heavy atom. The molecule has 5 nitrogen and oxygen atoms in total. The first-order valence-corrected chi connectivity index (χ1v) is 7.21. The summed E-state index contributed by atoms with van der Waals surface area (Å²) in [4.78, 5) is 24.5. The molecule has 0 saturated heterocycles. The third-order valence-electron chi connectivity index (χ3n) is 2.75. The van der Waals surface area contributed by atoms with Crippen molar-refractivity contribution >= 4 is 27.5 Å². The third-order valence-corrected chi connectivity index (χ3v) is 3.31. The van der Waals surface area contributed by atoms with Gasteiger partial charge < -0.3 is 4.90 Å². The van der Waals surface area contributed by atoms with Crippen molar-refractivity contribution in [1.29, 1.82) is 0 Å². The van der Waals surface area contributed by atoms with Crippen LogP contribution in [0.2, 0.25) is 0 Å². The predicted octanol–water partition coefficient (Wildman–Crippen LogP) is 3.23. The number of alkyl halides is 1. The molecule has 6 heteroatoms. The average molecular weight is 329 g/mol. The van der Waals surface area contributed by atoms with Gasteiger partial charge in [-0.3, -0.25) is 14.9 Å². The van der Waals surface area contributed by atoms with Crippen molar-refractivity contribution in [3.05, 3.63) is 39.9 Å². The number of nitro benzene ring substituents is 1. The van der Waals surface area contributed by atoms with Crippen LogP contribution >= 0.6 is 15.9 Å². The van der Waals surface area contributed by atoms with Crippen LogP contribution in [0.5, 0.6) is 0 Å². The SMILES string of the molecule is CC(C)N(CCCBr)C(=O)c1ccccc1[N+](=O)[O-]. The summed E-state index contributed by atoms with van der Waals surface area (Å²) in [5.74, 6) is -0.289. The van der Waals surface area contributed by atoms with Crippen molar-refractivity contribution in [2.24, 2.45) is 0 Å². The van der Waals surface area contributed by atoms with E-state index in [1.54, 1.807) is 17.0 Å². The Kier molecular flexibility index (Phi) is 5.95. The van der Waals surface area contributed by atoms with E-state index in [0.717, 1.165) is 11.8 Å². The Hall–Kier alpha value is -1.43. The molecule has 0 N–H and O–H groups in total. The summed E-state index contributed by atoms with van der Waals surface area (Å²) in [5.41, 5.74) is 0.00719. The Morgan fingerprint density at radius 3 is 2.58 bits per heavy atom. The molecule has 0 bridgehead atoms. The van der Waals surface area contributed by atoms with Gasteiger partial charge in [-0.25, -0.2) is 0 Å². The highest BCUT2D eigenvalue weighted by molar-refractivity contribution is 9.09. The number of nitrogens with zero attached hydrogens (tertiary/aromatic N) is 2. The highest BCUT2D eigenvalue weighted by Crippen LogP contribution is 2.20. The van der Waals surface area contributed by atoms with Gasteiger partial charge >= 0.3 is 0 Å². The minimum atomic E-state index is -0.518. The number of amides is 1. The smallest absolute Gasteiger partial charge is 0.282 e. The molecule has 1 aromatic rings. The molecule has 0 aliphatic heterocycles. The molecule has 1 aromatic carbocycles. The first-order valence-electron chi connectivity index (χ1n) is 6.09. The van der Waals surface area contributed by atoms with Crippen LogP contribution in [0.15, 0.2) is 24.3 Å². The Morgan fingerprint density at radius 1 is 1.42 bits per heavy atom. The van der Waals surface area contributed by atoms with Gasteiger partial charge in [0.2, 0.25) is 0 Å². The largest absolute Gasteiger partial charge is 0.336 e. The summed E-state index contributed by atoms with van der Waals surface area (Å²) in [7, 11) is 0. The van der Waals surface area contributed by atoms with Crippen molar-refractivity contribution in [3.8, 4) is 0 Å². The minimum Gasteiger partial charge on any atom is -0.336 e. The molecule has 0 unspecified atom stereocenters. The van der Waals surface area contributed by atoms with Gasteiger partial charge in [0.15, 0.2) is 0 Å². The van der Waals surface area contributed by atoms with E-state index in [-0.39, 0.29) is 23.2 Å². The number of benzene rings is 1. The summed E-state index contributed by atoms with van der Waals surface area (Å²) >= 11 is 3.32. The van der Waals surface area contributed by atoms with Crippen molar-refractivity contribution in [2.45, 2.75) is 26.3 Å². The van der Waals surface area contributed by atoms with Crippen LogP contribution < -0.4 is 0 Å². The molecule has 104 valence electrons. The number of nitro groups is 1. The average Bonchev–Trinajstić information content (AvgIpc) is 2.38. The molecular formula is C13H17BrN2O3. The molecular weight excluding hydrogens is 312 g/mol. The number of hydrogen-bond donors (Lipinski definition) is 0. The van der Waals surface area contributed by atoms with Gasteiger partial charge in [0.1, 0.15) is 5.56 Å². The van der Waals surface area contributed by atoms with Crippen LogP contribution in [0.1, 0.15) is 30.6 Å². The van der Waals surface area contributed by atoms with Gasteiger partial charge in [-0.15, -0.1) is 0 Å². The topological polar surface area (TPSA) is 63.5 Å². The van der Waals surface area contributed by atoms with Crippen LogP contribution in [0.25, 0.3) is 0 Å². The standard InChI is InChI=1S/C13H17BrN2O3/c1-10(2)15(9-5-8-14)13(17)11-6-3-4-7-12(11)16(18)19/h3-4,6-7,10H,5,8-9H2,1-2H3. The van der Waals surface area contributed by atoms with Gasteiger partial charge in [0.05, 0.1) is 4.92 Å². The van der Waals surface area contributed by atoms with Crippen LogP contribution in [0.4, 0.5) is 5.69 Å². The quantitative estimate of drug-likeness (QED) is 0.457. The highest BCUT2D eigenvalue weighted by atomic mass is 79.9. The molecule has 0 spiro atoms. The molecule has 0 atom stereocenters. The van der Waals surface area contributed by atoms with Gasteiger partial charge in [-0.2, -0.15) is 0 Å². The van der Waals surface area contributed by atoms with Crippen LogP contribution in [0.3, 0.4) is 0 Å². The van der Waals surface area contributed by atoms with Crippen molar-refractivity contribution < 1.29 is 9.72 Å². The third kappa shape index (κ3) is 4.02. The first-order chi connectivity index (χ1) is 8.99. The highest BCUT2D eigenvalue weighted by Gasteiger charge is 2.25. The molecule has 19 heavy (non-hydrogen) atoms. The van der Waals surface area contributed by atoms with Crippen LogP contribution in [-0.4, -0.2) is 33.6 Å². The van der Waals surface area contributed by atoms with E-state index in [9.17, 15) is 14.9 Å². The molecule has 0 aliphatic rings. The second kappa shape index (κ2) is 7.23. The van der Waals surface area contributed by atoms with E-state index in [1.165, 1.54) is 12.1 Å². The second-order valence-corrected chi connectivity index (χ2v) is 5.20. The van der Waals surface area contributed by atoms with E-state index < -0.39 is 4.92 Å². The molecule has 1 amide bonds. The maximum atomic E-state index is 12.4. The van der Waals surface area contributed by atoms with E-state index >= 15 is 0 Å². The van der Waals surface area contributed by atoms with Crippen molar-refractivity contribution in [2.75, 3.05) is 11.9 Å². The zero-order valence-corrected chi connectivity index (χ0v) is 12.6. The molecule has 1 rings (SSSR count). The summed E-state index contributed by atoms with van der Waals surface area (Å²) < 4.78 is 0. The number of hydrogen-bond acceptors (Lipinski definition) is 3. The molecule has 0 aliphatic carbocycles. The number of rotatable bonds is 6. The fourth-order valence-corrected chi connectivity index (χ4v) is 2.04. The molecule has 0 aromatic heterocycles. The molecule has 0 saturated carbocycles. The first kappa shape index (κ1) is 15.6.